The van der Waals surface area contributed by atoms with E-state index >= 15 is 0 Å². The number of aliphatic hydroxyl groups excluding tert-OH is 2. The summed E-state index contributed by atoms with van der Waals surface area (Å²) in [7, 11) is 0. The third-order valence-electron chi connectivity index (χ3n) is 6.33. The van der Waals surface area contributed by atoms with Crippen molar-refractivity contribution in [2.24, 2.45) is 0 Å². The summed E-state index contributed by atoms with van der Waals surface area (Å²) in [6.07, 6.45) is -0.491. The van der Waals surface area contributed by atoms with Crippen molar-refractivity contribution in [2.75, 3.05) is 12.3 Å². The molecule has 5 atom stereocenters. The van der Waals surface area contributed by atoms with Crippen LogP contribution in [0, 0.1) is 0 Å². The van der Waals surface area contributed by atoms with Gasteiger partial charge in [-0.2, -0.15) is 0 Å². The highest BCUT2D eigenvalue weighted by atomic mass is 16.6. The Kier molecular flexibility index (Phi) is 4.53. The second-order valence-electron chi connectivity index (χ2n) is 8.19. The van der Waals surface area contributed by atoms with Gasteiger partial charge < -0.3 is 35.7 Å². The number of fused-ring (bicyclic) bond motifs is 2. The maximum Gasteiger partial charge on any atom is 0.164 e. The average Bonchev–Trinajstić information content (AvgIpc) is 3.27. The molecular formula is C21H25N5O4. The van der Waals surface area contributed by atoms with E-state index in [-0.39, 0.29) is 0 Å². The van der Waals surface area contributed by atoms with Crippen LogP contribution in [-0.4, -0.2) is 54.2 Å². The van der Waals surface area contributed by atoms with Gasteiger partial charge in [-0.3, -0.25) is 0 Å². The molecule has 1 aromatic carbocycles. The van der Waals surface area contributed by atoms with Gasteiger partial charge in [0, 0.05) is 12.7 Å². The molecule has 9 heteroatoms. The lowest BCUT2D eigenvalue weighted by atomic mass is 9.85. The number of nitrogens with one attached hydrogen (secondary N) is 1. The molecule has 1 saturated heterocycles. The Balaban J connectivity index is 1.52. The Morgan fingerprint density at radius 1 is 1.33 bits per heavy atom. The Morgan fingerprint density at radius 2 is 2.17 bits per heavy atom. The lowest BCUT2D eigenvalue weighted by Crippen LogP contribution is -2.47. The highest BCUT2D eigenvalue weighted by molar-refractivity contribution is 5.86. The Bertz CT molecular complexity index is 1100. The molecule has 0 bridgehead atoms. The molecule has 1 fully saturated rings. The molecule has 0 amide bonds. The molecule has 0 radical (unpaired) electrons. The molecule has 3 aromatic rings. The minimum absolute atomic E-state index is 0.318. The van der Waals surface area contributed by atoms with Gasteiger partial charge in [-0.25, -0.2) is 9.97 Å². The fourth-order valence-corrected chi connectivity index (χ4v) is 4.61. The van der Waals surface area contributed by atoms with Crippen LogP contribution in [0.5, 0.6) is 0 Å². The summed E-state index contributed by atoms with van der Waals surface area (Å²) in [5.41, 5.74) is 7.58. The van der Waals surface area contributed by atoms with E-state index in [0.29, 0.717) is 29.0 Å². The maximum atomic E-state index is 11.2. The third kappa shape index (κ3) is 2.82. The van der Waals surface area contributed by atoms with Crippen LogP contribution in [0.2, 0.25) is 0 Å². The number of hydrogen-bond acceptors (Lipinski definition) is 8. The third-order valence-corrected chi connectivity index (χ3v) is 6.33. The topological polar surface area (TPSA) is 139 Å². The SMILES string of the molecule is C[C@@]1(O)[C@@H](C(O)c2cccc3c2CNCC3)O[C@@H](n2ccc3c(N)ncnc32)[C@@H]1O. The highest BCUT2D eigenvalue weighted by Gasteiger charge is 2.56. The predicted molar refractivity (Wildman–Crippen MR) is 109 cm³/mol. The minimum atomic E-state index is -1.69. The smallest absolute Gasteiger partial charge is 0.164 e. The number of nitrogens with two attached hydrogens (primary N) is 1. The normalized spacial score (nSPS) is 29.8. The van der Waals surface area contributed by atoms with Crippen LogP contribution >= 0.6 is 0 Å². The van der Waals surface area contributed by atoms with E-state index in [2.05, 4.69) is 15.3 Å². The molecule has 0 saturated carbocycles. The van der Waals surface area contributed by atoms with Crippen molar-refractivity contribution in [3.05, 3.63) is 53.5 Å². The second kappa shape index (κ2) is 7.00. The zero-order valence-corrected chi connectivity index (χ0v) is 16.6. The molecular weight excluding hydrogens is 386 g/mol. The van der Waals surface area contributed by atoms with Crippen molar-refractivity contribution in [3.8, 4) is 0 Å². The predicted octanol–water partition coefficient (Wildman–Crippen LogP) is 0.402. The number of nitrogen functional groups attached to an aromatic ring is 1. The Morgan fingerprint density at radius 3 is 3.00 bits per heavy atom. The summed E-state index contributed by atoms with van der Waals surface area (Å²) in [6, 6.07) is 7.53. The number of ether oxygens (including phenoxy) is 1. The molecule has 5 rings (SSSR count). The number of rotatable bonds is 3. The first kappa shape index (κ1) is 19.4. The van der Waals surface area contributed by atoms with Crippen LogP contribution in [0.4, 0.5) is 5.82 Å². The zero-order valence-electron chi connectivity index (χ0n) is 16.6. The number of aliphatic hydroxyl groups is 3. The zero-order chi connectivity index (χ0) is 21.0. The van der Waals surface area contributed by atoms with Gasteiger partial charge in [-0.1, -0.05) is 18.2 Å². The van der Waals surface area contributed by atoms with Crippen molar-refractivity contribution >= 4 is 16.9 Å². The largest absolute Gasteiger partial charge is 0.386 e. The molecule has 158 valence electrons. The number of nitrogens with zero attached hydrogens (tertiary/aromatic N) is 3. The number of aromatic nitrogens is 3. The van der Waals surface area contributed by atoms with Crippen molar-refractivity contribution < 1.29 is 20.1 Å². The van der Waals surface area contributed by atoms with E-state index in [1.165, 1.54) is 18.8 Å². The van der Waals surface area contributed by atoms with Crippen LogP contribution in [0.15, 0.2) is 36.8 Å². The molecule has 1 unspecified atom stereocenters. The second-order valence-corrected chi connectivity index (χ2v) is 8.19. The molecule has 6 N–H and O–H groups in total. The number of hydrogen-bond donors (Lipinski definition) is 5. The van der Waals surface area contributed by atoms with Gasteiger partial charge in [0.1, 0.15) is 41.7 Å². The van der Waals surface area contributed by atoms with Gasteiger partial charge in [0.15, 0.2) is 6.23 Å². The first-order valence-corrected chi connectivity index (χ1v) is 10.0. The maximum absolute atomic E-state index is 11.2. The monoisotopic (exact) mass is 411 g/mol. The summed E-state index contributed by atoms with van der Waals surface area (Å²) in [6.45, 7) is 3.01. The summed E-state index contributed by atoms with van der Waals surface area (Å²) in [5.74, 6) is 0.318. The summed E-state index contributed by atoms with van der Waals surface area (Å²) >= 11 is 0. The van der Waals surface area contributed by atoms with Gasteiger partial charge in [0.25, 0.3) is 0 Å². The molecule has 4 heterocycles. The lowest BCUT2D eigenvalue weighted by Gasteiger charge is -2.31. The Hall–Kier alpha value is -2.56. The number of anilines is 1. The molecule has 30 heavy (non-hydrogen) atoms. The first-order valence-electron chi connectivity index (χ1n) is 10.0. The lowest BCUT2D eigenvalue weighted by molar-refractivity contribution is -0.115. The van der Waals surface area contributed by atoms with Gasteiger partial charge in [0.05, 0.1) is 5.39 Å². The van der Waals surface area contributed by atoms with Crippen molar-refractivity contribution in [2.45, 2.75) is 50.0 Å². The highest BCUT2D eigenvalue weighted by Crippen LogP contribution is 2.44. The van der Waals surface area contributed by atoms with Crippen LogP contribution in [-0.2, 0) is 17.7 Å². The summed E-state index contributed by atoms with van der Waals surface area (Å²) < 4.78 is 7.69. The standard InChI is InChI=1S/C21H25N5O4/c1-21(29)16(28)20(26-8-6-13-18(22)24-10-25-19(13)26)30-17(21)15(27)12-4-2-3-11-5-7-23-9-14(11)12/h2-4,6,8,10,15-17,20,23,27-29H,5,7,9H2,1H3,(H2,22,24,25)/t15?,16-,17+,20+,21-/m0/s1. The van der Waals surface area contributed by atoms with E-state index in [0.717, 1.165) is 18.5 Å². The molecule has 2 aliphatic heterocycles. The van der Waals surface area contributed by atoms with Crippen molar-refractivity contribution in [1.29, 1.82) is 0 Å². The van der Waals surface area contributed by atoms with Crippen LogP contribution in [0.3, 0.4) is 0 Å². The van der Waals surface area contributed by atoms with E-state index in [9.17, 15) is 15.3 Å². The van der Waals surface area contributed by atoms with Crippen molar-refractivity contribution in [1.82, 2.24) is 19.9 Å². The molecule has 9 nitrogen and oxygen atoms in total. The fraction of sp³-hybridized carbons (Fsp3) is 0.429. The molecule has 2 aromatic heterocycles. The van der Waals surface area contributed by atoms with Gasteiger partial charge in [0.2, 0.25) is 0 Å². The quantitative estimate of drug-likeness (QED) is 0.418. The van der Waals surface area contributed by atoms with E-state index in [4.69, 9.17) is 10.5 Å². The van der Waals surface area contributed by atoms with Crippen LogP contribution in [0.1, 0.15) is 35.9 Å². The minimum Gasteiger partial charge on any atom is -0.386 e. The van der Waals surface area contributed by atoms with Crippen LogP contribution in [0.25, 0.3) is 11.0 Å². The molecule has 0 spiro atoms. The fourth-order valence-electron chi connectivity index (χ4n) is 4.61. The van der Waals surface area contributed by atoms with E-state index in [1.54, 1.807) is 16.8 Å². The average molecular weight is 411 g/mol. The first-order chi connectivity index (χ1) is 14.4. The van der Waals surface area contributed by atoms with Gasteiger partial charge in [-0.05, 0) is 42.6 Å². The van der Waals surface area contributed by atoms with Gasteiger partial charge in [-0.15, -0.1) is 0 Å². The van der Waals surface area contributed by atoms with Crippen molar-refractivity contribution in [3.63, 3.8) is 0 Å². The van der Waals surface area contributed by atoms with Crippen LogP contribution < -0.4 is 11.1 Å². The van der Waals surface area contributed by atoms with E-state index < -0.39 is 30.1 Å². The van der Waals surface area contributed by atoms with E-state index in [1.807, 2.05) is 18.2 Å². The molecule has 2 aliphatic rings. The summed E-state index contributed by atoms with van der Waals surface area (Å²) in [5, 5.41) is 37.2. The summed E-state index contributed by atoms with van der Waals surface area (Å²) in [4.78, 5) is 8.22. The van der Waals surface area contributed by atoms with Gasteiger partial charge >= 0.3 is 0 Å². The molecule has 0 aliphatic carbocycles. The number of benzene rings is 1. The Labute approximate surface area is 173 Å².